The molecule has 26 heavy (non-hydrogen) atoms. The van der Waals surface area contributed by atoms with Gasteiger partial charge in [-0.1, -0.05) is 36.4 Å². The summed E-state index contributed by atoms with van der Waals surface area (Å²) in [6, 6.07) is 17.1. The zero-order valence-corrected chi connectivity index (χ0v) is 14.8. The van der Waals surface area contributed by atoms with Crippen LogP contribution in [0.5, 0.6) is 0 Å². The molecule has 0 spiro atoms. The van der Waals surface area contributed by atoms with Crippen LogP contribution in [0, 0.1) is 6.92 Å². The number of nitrogens with zero attached hydrogens (tertiary/aromatic N) is 2. The molecule has 0 saturated heterocycles. The third kappa shape index (κ3) is 3.72. The first-order valence-electron chi connectivity index (χ1n) is 8.48. The van der Waals surface area contributed by atoms with Gasteiger partial charge in [0.15, 0.2) is 6.61 Å². The smallest absolute Gasteiger partial charge is 0.340 e. The van der Waals surface area contributed by atoms with Crippen molar-refractivity contribution in [1.82, 2.24) is 4.98 Å². The first-order valence-corrected chi connectivity index (χ1v) is 8.48. The van der Waals surface area contributed by atoms with Gasteiger partial charge in [-0.15, -0.1) is 0 Å². The summed E-state index contributed by atoms with van der Waals surface area (Å²) >= 11 is 0. The predicted molar refractivity (Wildman–Crippen MR) is 101 cm³/mol. The first kappa shape index (κ1) is 17.6. The van der Waals surface area contributed by atoms with Gasteiger partial charge in [-0.2, -0.15) is 0 Å². The number of anilines is 1. The van der Waals surface area contributed by atoms with Gasteiger partial charge in [0.2, 0.25) is 0 Å². The third-order valence-electron chi connectivity index (χ3n) is 4.15. The highest BCUT2D eigenvalue weighted by atomic mass is 16.5. The predicted octanol–water partition coefficient (Wildman–Crippen LogP) is 3.75. The molecule has 0 bridgehead atoms. The van der Waals surface area contributed by atoms with Gasteiger partial charge in [0.1, 0.15) is 0 Å². The van der Waals surface area contributed by atoms with E-state index in [1.807, 2.05) is 56.3 Å². The maximum Gasteiger partial charge on any atom is 0.340 e. The maximum absolute atomic E-state index is 12.6. The number of pyridine rings is 1. The van der Waals surface area contributed by atoms with Crippen molar-refractivity contribution in [3.8, 4) is 0 Å². The topological polar surface area (TPSA) is 59.5 Å². The molecule has 1 heterocycles. The summed E-state index contributed by atoms with van der Waals surface area (Å²) in [6.07, 6.45) is 1.45. The Balaban J connectivity index is 1.74. The highest BCUT2D eigenvalue weighted by Crippen LogP contribution is 2.26. The summed E-state index contributed by atoms with van der Waals surface area (Å²) in [7, 11) is 0. The van der Waals surface area contributed by atoms with E-state index in [1.165, 1.54) is 6.20 Å². The zero-order chi connectivity index (χ0) is 18.5. The van der Waals surface area contributed by atoms with Gasteiger partial charge in [0.05, 0.1) is 11.3 Å². The number of ether oxygens (including phenoxy) is 1. The molecule has 0 aliphatic carbocycles. The Labute approximate surface area is 152 Å². The molecule has 0 N–H and O–H groups in total. The van der Waals surface area contributed by atoms with Crippen molar-refractivity contribution in [2.24, 2.45) is 0 Å². The van der Waals surface area contributed by atoms with Gasteiger partial charge in [-0.05, 0) is 37.4 Å². The van der Waals surface area contributed by atoms with E-state index in [9.17, 15) is 9.59 Å². The van der Waals surface area contributed by atoms with Crippen molar-refractivity contribution in [2.75, 3.05) is 18.1 Å². The minimum absolute atomic E-state index is 0.266. The molecule has 5 nitrogen and oxygen atoms in total. The van der Waals surface area contributed by atoms with E-state index in [1.54, 1.807) is 17.0 Å². The van der Waals surface area contributed by atoms with E-state index in [0.29, 0.717) is 12.1 Å². The largest absolute Gasteiger partial charge is 0.452 e. The fourth-order valence-electron chi connectivity index (χ4n) is 2.80. The maximum atomic E-state index is 12.6. The number of rotatable bonds is 5. The zero-order valence-electron chi connectivity index (χ0n) is 14.8. The molecule has 132 valence electrons. The second-order valence-corrected chi connectivity index (χ2v) is 5.90. The molecule has 1 aromatic heterocycles. The summed E-state index contributed by atoms with van der Waals surface area (Å²) < 4.78 is 5.18. The van der Waals surface area contributed by atoms with E-state index < -0.39 is 5.97 Å². The summed E-state index contributed by atoms with van der Waals surface area (Å²) in [5, 5.41) is 2.04. The molecule has 0 atom stereocenters. The van der Waals surface area contributed by atoms with Gasteiger partial charge in [-0.25, -0.2) is 4.79 Å². The number of carbonyl (C=O) groups excluding carboxylic acids is 2. The summed E-state index contributed by atoms with van der Waals surface area (Å²) in [6.45, 7) is 3.90. The molecule has 1 amide bonds. The molecular weight excluding hydrogens is 328 g/mol. The summed E-state index contributed by atoms with van der Waals surface area (Å²) in [4.78, 5) is 30.4. The van der Waals surface area contributed by atoms with Crippen LogP contribution in [0.4, 0.5) is 5.69 Å². The van der Waals surface area contributed by atoms with Crippen LogP contribution in [0.15, 0.2) is 60.8 Å². The van der Waals surface area contributed by atoms with E-state index in [2.05, 4.69) is 4.98 Å². The van der Waals surface area contributed by atoms with Crippen LogP contribution in [0.25, 0.3) is 10.8 Å². The standard InChI is InChI=1S/C21H20N2O3/c1-3-23(19-10-6-8-16-7-4-5-9-18(16)19)20(24)14-26-21(25)17-12-11-15(2)22-13-17/h4-13H,3,14H2,1-2H3. The molecule has 3 aromatic rings. The molecule has 0 radical (unpaired) electrons. The Morgan fingerprint density at radius 2 is 1.81 bits per heavy atom. The molecule has 5 heteroatoms. The highest BCUT2D eigenvalue weighted by molar-refractivity contribution is 6.04. The summed E-state index contributed by atoms with van der Waals surface area (Å²) in [5.74, 6) is -0.822. The number of aryl methyl sites for hydroxylation is 1. The number of amides is 1. The van der Waals surface area contributed by atoms with Gasteiger partial charge >= 0.3 is 5.97 Å². The van der Waals surface area contributed by atoms with Crippen molar-refractivity contribution in [2.45, 2.75) is 13.8 Å². The monoisotopic (exact) mass is 348 g/mol. The number of benzene rings is 2. The molecule has 0 aliphatic rings. The molecule has 0 aliphatic heterocycles. The molecule has 2 aromatic carbocycles. The quantitative estimate of drug-likeness (QED) is 0.659. The molecule has 0 saturated carbocycles. The first-order chi connectivity index (χ1) is 12.6. The molecular formula is C21H20N2O3. The van der Waals surface area contributed by atoms with Crippen LogP contribution < -0.4 is 4.90 Å². The van der Waals surface area contributed by atoms with Crippen molar-refractivity contribution in [3.63, 3.8) is 0 Å². The highest BCUT2D eigenvalue weighted by Gasteiger charge is 2.18. The Morgan fingerprint density at radius 1 is 1.04 bits per heavy atom. The fourth-order valence-corrected chi connectivity index (χ4v) is 2.80. The fraction of sp³-hybridized carbons (Fsp3) is 0.190. The Hall–Kier alpha value is -3.21. The van der Waals surface area contributed by atoms with Crippen molar-refractivity contribution < 1.29 is 14.3 Å². The van der Waals surface area contributed by atoms with Gasteiger partial charge < -0.3 is 9.64 Å². The Morgan fingerprint density at radius 3 is 2.54 bits per heavy atom. The van der Waals surface area contributed by atoms with Crippen LogP contribution in [-0.2, 0) is 9.53 Å². The SMILES string of the molecule is CCN(C(=O)COC(=O)c1ccc(C)nc1)c1cccc2ccccc12. The van der Waals surface area contributed by atoms with Crippen LogP contribution in [-0.4, -0.2) is 30.0 Å². The van der Waals surface area contributed by atoms with Gasteiger partial charge in [-0.3, -0.25) is 9.78 Å². The summed E-state index contributed by atoms with van der Waals surface area (Å²) in [5.41, 5.74) is 1.95. The van der Waals surface area contributed by atoms with E-state index >= 15 is 0 Å². The Kier molecular flexibility index (Phi) is 5.27. The number of aromatic nitrogens is 1. The third-order valence-corrected chi connectivity index (χ3v) is 4.15. The van der Waals surface area contributed by atoms with E-state index in [0.717, 1.165) is 22.2 Å². The van der Waals surface area contributed by atoms with Crippen LogP contribution in [0.1, 0.15) is 23.0 Å². The minimum Gasteiger partial charge on any atom is -0.452 e. The lowest BCUT2D eigenvalue weighted by Gasteiger charge is -2.22. The van der Waals surface area contributed by atoms with E-state index in [-0.39, 0.29) is 12.5 Å². The lowest BCUT2D eigenvalue weighted by atomic mass is 10.1. The van der Waals surface area contributed by atoms with Gasteiger partial charge in [0.25, 0.3) is 5.91 Å². The number of hydrogen-bond acceptors (Lipinski definition) is 4. The van der Waals surface area contributed by atoms with Crippen molar-refractivity contribution >= 4 is 28.3 Å². The molecule has 0 fully saturated rings. The molecule has 0 unspecified atom stereocenters. The van der Waals surface area contributed by atoms with E-state index in [4.69, 9.17) is 4.74 Å². The van der Waals surface area contributed by atoms with Crippen molar-refractivity contribution in [3.05, 3.63) is 72.1 Å². The number of fused-ring (bicyclic) bond motifs is 1. The lowest BCUT2D eigenvalue weighted by molar-refractivity contribution is -0.121. The normalized spacial score (nSPS) is 10.5. The number of carbonyl (C=O) groups is 2. The van der Waals surface area contributed by atoms with Crippen LogP contribution >= 0.6 is 0 Å². The van der Waals surface area contributed by atoms with Crippen molar-refractivity contribution in [1.29, 1.82) is 0 Å². The Bertz CT molecular complexity index is 930. The number of hydrogen-bond donors (Lipinski definition) is 0. The van der Waals surface area contributed by atoms with Gasteiger partial charge in [0, 0.05) is 23.8 Å². The average molecular weight is 348 g/mol. The lowest BCUT2D eigenvalue weighted by Crippen LogP contribution is -2.34. The average Bonchev–Trinajstić information content (AvgIpc) is 2.67. The number of esters is 1. The second kappa shape index (κ2) is 7.78. The van der Waals surface area contributed by atoms with Crippen LogP contribution in [0.3, 0.4) is 0 Å². The van der Waals surface area contributed by atoms with Crippen LogP contribution in [0.2, 0.25) is 0 Å². The second-order valence-electron chi connectivity index (χ2n) is 5.90. The number of likely N-dealkylation sites (N-methyl/N-ethyl adjacent to an activating group) is 1. The molecule has 3 rings (SSSR count). The minimum atomic E-state index is -0.556.